The Labute approximate surface area is 163 Å². The number of rotatable bonds is 5. The highest BCUT2D eigenvalue weighted by atomic mass is 32.1. The summed E-state index contributed by atoms with van der Waals surface area (Å²) in [6.07, 6.45) is 7.25. The van der Waals surface area contributed by atoms with Crippen molar-refractivity contribution in [2.75, 3.05) is 25.0 Å². The average Bonchev–Trinajstić information content (AvgIpc) is 3.21. The van der Waals surface area contributed by atoms with Crippen molar-refractivity contribution in [2.24, 2.45) is 11.8 Å². The predicted octanol–water partition coefficient (Wildman–Crippen LogP) is 2.24. The zero-order valence-corrected chi connectivity index (χ0v) is 16.3. The third kappa shape index (κ3) is 4.06. The Bertz CT molecular complexity index is 704. The number of anilines is 1. The summed E-state index contributed by atoms with van der Waals surface area (Å²) in [6, 6.07) is 0. The first kappa shape index (κ1) is 18.6. The summed E-state index contributed by atoms with van der Waals surface area (Å²) in [6.45, 7) is 2.80. The fourth-order valence-corrected chi connectivity index (χ4v) is 5.19. The summed E-state index contributed by atoms with van der Waals surface area (Å²) in [5.74, 6) is -1.13. The highest BCUT2D eigenvalue weighted by molar-refractivity contribution is 7.13. The minimum atomic E-state index is -0.353. The highest BCUT2D eigenvalue weighted by Crippen LogP contribution is 2.37. The van der Waals surface area contributed by atoms with Gasteiger partial charge in [-0.15, -0.1) is 11.3 Å². The molecular weight excluding hydrogens is 364 g/mol. The third-order valence-corrected chi connectivity index (χ3v) is 6.67. The first-order valence-corrected chi connectivity index (χ1v) is 10.8. The van der Waals surface area contributed by atoms with Gasteiger partial charge in [-0.05, 0) is 38.8 Å². The van der Waals surface area contributed by atoms with E-state index in [9.17, 15) is 14.4 Å². The van der Waals surface area contributed by atoms with E-state index in [1.807, 2.05) is 5.38 Å². The van der Waals surface area contributed by atoms with E-state index in [1.54, 1.807) is 0 Å². The lowest BCUT2D eigenvalue weighted by atomic mass is 9.81. The van der Waals surface area contributed by atoms with Gasteiger partial charge in [0.2, 0.25) is 17.7 Å². The van der Waals surface area contributed by atoms with E-state index in [2.05, 4.69) is 15.2 Å². The van der Waals surface area contributed by atoms with Gasteiger partial charge in [-0.3, -0.25) is 24.2 Å². The van der Waals surface area contributed by atoms with Gasteiger partial charge >= 0.3 is 0 Å². The number of hydrogen-bond acceptors (Lipinski definition) is 6. The Morgan fingerprint density at radius 2 is 1.74 bits per heavy atom. The van der Waals surface area contributed by atoms with E-state index >= 15 is 0 Å². The molecule has 3 amide bonds. The highest BCUT2D eigenvalue weighted by Gasteiger charge is 2.48. The standard InChI is InChI=1S/C19H26N4O3S/c24-16(11-23-17(25)14-6-2-3-7-15(14)18(23)26)21-19-20-13(12-27-19)10-22-8-4-1-5-9-22/h12,14-15H,1-11H2,(H,20,21,24)/t14-,15-/m0/s1. The van der Waals surface area contributed by atoms with E-state index in [4.69, 9.17) is 0 Å². The molecule has 146 valence electrons. The summed E-state index contributed by atoms with van der Waals surface area (Å²) in [7, 11) is 0. The number of carbonyl (C=O) groups is 3. The van der Waals surface area contributed by atoms with E-state index in [-0.39, 0.29) is 36.1 Å². The Morgan fingerprint density at radius 1 is 1.07 bits per heavy atom. The largest absolute Gasteiger partial charge is 0.300 e. The molecule has 27 heavy (non-hydrogen) atoms. The first-order valence-electron chi connectivity index (χ1n) is 9.93. The minimum Gasteiger partial charge on any atom is -0.300 e. The molecule has 7 nitrogen and oxygen atoms in total. The first-order chi connectivity index (χ1) is 13.1. The van der Waals surface area contributed by atoms with Crippen LogP contribution in [0.2, 0.25) is 0 Å². The van der Waals surface area contributed by atoms with Crippen LogP contribution >= 0.6 is 11.3 Å². The number of thiazole rings is 1. The van der Waals surface area contributed by atoms with Crippen LogP contribution in [0.4, 0.5) is 5.13 Å². The Balaban J connectivity index is 1.31. The van der Waals surface area contributed by atoms with Gasteiger partial charge in [-0.2, -0.15) is 0 Å². The molecule has 2 saturated heterocycles. The van der Waals surface area contributed by atoms with Crippen molar-refractivity contribution in [3.05, 3.63) is 11.1 Å². The fourth-order valence-electron chi connectivity index (χ4n) is 4.47. The zero-order chi connectivity index (χ0) is 18.8. The van der Waals surface area contributed by atoms with Crippen molar-refractivity contribution in [1.29, 1.82) is 0 Å². The van der Waals surface area contributed by atoms with Crippen LogP contribution in [0, 0.1) is 11.8 Å². The lowest BCUT2D eigenvalue weighted by Gasteiger charge is -2.25. The second-order valence-electron chi connectivity index (χ2n) is 7.79. The van der Waals surface area contributed by atoms with Crippen LogP contribution in [0.25, 0.3) is 0 Å². The Morgan fingerprint density at radius 3 is 2.41 bits per heavy atom. The van der Waals surface area contributed by atoms with Crippen LogP contribution in [0.1, 0.15) is 50.6 Å². The molecule has 2 aliphatic heterocycles. The number of amides is 3. The number of likely N-dealkylation sites (tertiary alicyclic amines) is 2. The van der Waals surface area contributed by atoms with Gasteiger partial charge in [0.15, 0.2) is 5.13 Å². The number of imide groups is 1. The van der Waals surface area contributed by atoms with Crippen LogP contribution in [0.5, 0.6) is 0 Å². The fraction of sp³-hybridized carbons (Fsp3) is 0.684. The van der Waals surface area contributed by atoms with Gasteiger partial charge < -0.3 is 5.32 Å². The second-order valence-corrected chi connectivity index (χ2v) is 8.65. The minimum absolute atomic E-state index is 0.176. The van der Waals surface area contributed by atoms with Gasteiger partial charge in [0.1, 0.15) is 6.54 Å². The summed E-state index contributed by atoms with van der Waals surface area (Å²) >= 11 is 1.39. The predicted molar refractivity (Wildman–Crippen MR) is 102 cm³/mol. The molecule has 2 atom stereocenters. The maximum absolute atomic E-state index is 12.5. The van der Waals surface area contributed by atoms with E-state index in [1.165, 1.54) is 30.6 Å². The van der Waals surface area contributed by atoms with E-state index in [0.29, 0.717) is 5.13 Å². The molecular formula is C19H26N4O3S. The molecule has 0 spiro atoms. The van der Waals surface area contributed by atoms with Crippen molar-refractivity contribution in [2.45, 2.75) is 51.5 Å². The lowest BCUT2D eigenvalue weighted by molar-refractivity contribution is -0.142. The zero-order valence-electron chi connectivity index (χ0n) is 15.5. The number of piperidine rings is 1. The smallest absolute Gasteiger partial charge is 0.246 e. The Kier molecular flexibility index (Phi) is 5.54. The van der Waals surface area contributed by atoms with Crippen LogP contribution in [-0.4, -0.2) is 52.1 Å². The summed E-state index contributed by atoms with van der Waals surface area (Å²) in [4.78, 5) is 45.3. The van der Waals surface area contributed by atoms with Crippen molar-refractivity contribution in [1.82, 2.24) is 14.8 Å². The van der Waals surface area contributed by atoms with Gasteiger partial charge in [0.05, 0.1) is 17.5 Å². The third-order valence-electron chi connectivity index (χ3n) is 5.87. The van der Waals surface area contributed by atoms with Crippen LogP contribution < -0.4 is 5.32 Å². The topological polar surface area (TPSA) is 82.6 Å². The molecule has 8 heteroatoms. The number of carbonyl (C=O) groups excluding carboxylic acids is 3. The SMILES string of the molecule is O=C(CN1C(=O)[C@H]2CCCC[C@@H]2C1=O)Nc1nc(CN2CCCCC2)cs1. The van der Waals surface area contributed by atoms with Crippen LogP contribution in [0.3, 0.4) is 0 Å². The molecule has 0 bridgehead atoms. The number of nitrogens with one attached hydrogen (secondary N) is 1. The van der Waals surface area contributed by atoms with Crippen LogP contribution in [-0.2, 0) is 20.9 Å². The van der Waals surface area contributed by atoms with Crippen molar-refractivity contribution in [3.63, 3.8) is 0 Å². The maximum Gasteiger partial charge on any atom is 0.246 e. The summed E-state index contributed by atoms with van der Waals surface area (Å²) < 4.78 is 0. The van der Waals surface area contributed by atoms with Gasteiger partial charge in [0.25, 0.3) is 0 Å². The molecule has 3 fully saturated rings. The quantitative estimate of drug-likeness (QED) is 0.780. The molecule has 1 aliphatic carbocycles. The van der Waals surface area contributed by atoms with Crippen molar-refractivity contribution >= 4 is 34.2 Å². The molecule has 0 aromatic carbocycles. The van der Waals surface area contributed by atoms with Gasteiger partial charge in [0, 0.05) is 11.9 Å². The Hall–Kier alpha value is -1.80. The summed E-state index contributed by atoms with van der Waals surface area (Å²) in [5.41, 5.74) is 0.955. The second kappa shape index (κ2) is 8.06. The molecule has 0 radical (unpaired) electrons. The molecule has 1 aromatic rings. The monoisotopic (exact) mass is 390 g/mol. The number of aromatic nitrogens is 1. The molecule has 3 heterocycles. The number of nitrogens with zero attached hydrogens (tertiary/aromatic N) is 3. The molecule has 1 aromatic heterocycles. The van der Waals surface area contributed by atoms with E-state index in [0.717, 1.165) is 55.9 Å². The lowest BCUT2D eigenvalue weighted by Crippen LogP contribution is -2.38. The molecule has 4 rings (SSSR count). The van der Waals surface area contributed by atoms with Crippen LogP contribution in [0.15, 0.2) is 5.38 Å². The maximum atomic E-state index is 12.5. The van der Waals surface area contributed by atoms with Crippen molar-refractivity contribution in [3.8, 4) is 0 Å². The van der Waals surface area contributed by atoms with Gasteiger partial charge in [-0.25, -0.2) is 4.98 Å². The summed E-state index contributed by atoms with van der Waals surface area (Å²) in [5, 5.41) is 5.25. The van der Waals surface area contributed by atoms with E-state index < -0.39 is 0 Å². The average molecular weight is 391 g/mol. The molecule has 3 aliphatic rings. The molecule has 1 saturated carbocycles. The van der Waals surface area contributed by atoms with Crippen molar-refractivity contribution < 1.29 is 14.4 Å². The molecule has 1 N–H and O–H groups in total. The molecule has 0 unspecified atom stereocenters. The van der Waals surface area contributed by atoms with Gasteiger partial charge in [-0.1, -0.05) is 19.3 Å². The number of hydrogen-bond donors (Lipinski definition) is 1. The number of fused-ring (bicyclic) bond motifs is 1. The normalized spacial score (nSPS) is 26.3.